The van der Waals surface area contributed by atoms with Gasteiger partial charge in [0.05, 0.1) is 13.5 Å². The Morgan fingerprint density at radius 2 is 2.11 bits per heavy atom. The summed E-state index contributed by atoms with van der Waals surface area (Å²) in [4.78, 5) is 23.6. The van der Waals surface area contributed by atoms with Crippen molar-refractivity contribution in [1.29, 1.82) is 0 Å². The van der Waals surface area contributed by atoms with E-state index in [1.54, 1.807) is 27.8 Å². The Balaban J connectivity index is 2.76. The summed E-state index contributed by atoms with van der Waals surface area (Å²) in [5.74, 6) is -0.968. The number of hydrogen-bond donors (Lipinski definition) is 2. The molecule has 0 fully saturated rings. The van der Waals surface area contributed by atoms with Crippen LogP contribution in [0.4, 0.5) is 4.79 Å². The molecule has 0 aliphatic carbocycles. The van der Waals surface area contributed by atoms with Crippen LogP contribution in [0.25, 0.3) is 0 Å². The Bertz CT molecular complexity index is 465. The lowest BCUT2D eigenvalue weighted by molar-refractivity contribution is -0.137. The zero-order valence-corrected chi connectivity index (χ0v) is 11.2. The Morgan fingerprint density at radius 3 is 2.53 bits per heavy atom. The maximum absolute atomic E-state index is 11.6. The molecule has 0 aliphatic rings. The fraction of sp³-hybridized carbons (Fsp3) is 0.700. The van der Waals surface area contributed by atoms with Crippen LogP contribution in [-0.2, 0) is 16.6 Å². The van der Waals surface area contributed by atoms with Crippen molar-refractivity contribution in [2.24, 2.45) is 7.05 Å². The van der Waals surface area contributed by atoms with Gasteiger partial charge in [0.25, 0.3) is 0 Å². The van der Waals surface area contributed by atoms with Crippen molar-refractivity contribution in [3.63, 3.8) is 0 Å². The number of amides is 1. The first kappa shape index (κ1) is 14.9. The third-order valence-electron chi connectivity index (χ3n) is 1.91. The molecule has 19 heavy (non-hydrogen) atoms. The van der Waals surface area contributed by atoms with Crippen molar-refractivity contribution in [2.45, 2.75) is 38.8 Å². The van der Waals surface area contributed by atoms with Gasteiger partial charge in [-0.1, -0.05) is 0 Å². The molecule has 1 heterocycles. The summed E-state index contributed by atoms with van der Waals surface area (Å²) in [7, 11) is 1.54. The Kier molecular flexibility index (Phi) is 4.41. The van der Waals surface area contributed by atoms with E-state index in [1.165, 1.54) is 4.80 Å². The first-order valence-corrected chi connectivity index (χ1v) is 5.62. The molecule has 9 heteroatoms. The van der Waals surface area contributed by atoms with Gasteiger partial charge in [-0.2, -0.15) is 4.80 Å². The highest BCUT2D eigenvalue weighted by atomic mass is 16.6. The van der Waals surface area contributed by atoms with Crippen molar-refractivity contribution >= 4 is 12.1 Å². The first-order valence-electron chi connectivity index (χ1n) is 5.62. The largest absolute Gasteiger partial charge is 0.481 e. The summed E-state index contributed by atoms with van der Waals surface area (Å²) in [5, 5.41) is 22.4. The van der Waals surface area contributed by atoms with Crippen LogP contribution in [0.1, 0.15) is 39.1 Å². The summed E-state index contributed by atoms with van der Waals surface area (Å²) in [6, 6.07) is -0.888. The number of carboxylic acid groups (broad SMARTS) is 1. The minimum Gasteiger partial charge on any atom is -0.481 e. The molecule has 9 nitrogen and oxygen atoms in total. The minimum absolute atomic E-state index is 0.121. The quantitative estimate of drug-likeness (QED) is 0.805. The van der Waals surface area contributed by atoms with E-state index < -0.39 is 23.7 Å². The number of nitrogens with zero attached hydrogens (tertiary/aromatic N) is 4. The number of carboxylic acids is 1. The summed E-state index contributed by atoms with van der Waals surface area (Å²) < 4.78 is 5.05. The number of tetrazole rings is 1. The number of hydrogen-bond acceptors (Lipinski definition) is 6. The van der Waals surface area contributed by atoms with Crippen LogP contribution in [0.5, 0.6) is 0 Å². The molecule has 0 spiro atoms. The van der Waals surface area contributed by atoms with Gasteiger partial charge >= 0.3 is 12.1 Å². The van der Waals surface area contributed by atoms with E-state index in [9.17, 15) is 9.59 Å². The van der Waals surface area contributed by atoms with Gasteiger partial charge in [-0.15, -0.1) is 10.2 Å². The number of ether oxygens (including phenoxy) is 1. The molecule has 0 unspecified atom stereocenters. The average Bonchev–Trinajstić information content (AvgIpc) is 2.60. The van der Waals surface area contributed by atoms with Gasteiger partial charge in [-0.25, -0.2) is 4.79 Å². The third kappa shape index (κ3) is 5.32. The molecular weight excluding hydrogens is 254 g/mol. The number of aliphatic carboxylic acids is 1. The molecule has 0 aliphatic heterocycles. The highest BCUT2D eigenvalue weighted by Crippen LogP contribution is 2.13. The van der Waals surface area contributed by atoms with E-state index in [0.717, 1.165) is 0 Å². The molecule has 0 aromatic carbocycles. The summed E-state index contributed by atoms with van der Waals surface area (Å²) in [6.07, 6.45) is -1.09. The van der Waals surface area contributed by atoms with Crippen LogP contribution < -0.4 is 5.32 Å². The van der Waals surface area contributed by atoms with E-state index in [4.69, 9.17) is 9.84 Å². The van der Waals surface area contributed by atoms with Crippen molar-refractivity contribution in [2.75, 3.05) is 0 Å². The molecular formula is C10H17N5O4. The molecule has 1 amide bonds. The maximum Gasteiger partial charge on any atom is 0.408 e. The minimum atomic E-state index is -1.09. The SMILES string of the molecule is Cn1nnc([C@@H](CC(=O)O)NC(=O)OC(C)(C)C)n1. The molecule has 0 bridgehead atoms. The van der Waals surface area contributed by atoms with Gasteiger partial charge in [0.15, 0.2) is 5.82 Å². The predicted octanol–water partition coefficient (Wildman–Crippen LogP) is 0.251. The van der Waals surface area contributed by atoms with Gasteiger partial charge in [-0.05, 0) is 26.0 Å². The van der Waals surface area contributed by atoms with Gasteiger partial charge in [-0.3, -0.25) is 4.79 Å². The standard InChI is InChI=1S/C10H17N5O4/c1-10(2,3)19-9(18)11-6(5-7(16)17)8-12-14-15(4)13-8/h6H,5H2,1-4H3,(H,11,18)(H,16,17)/t6-/m1/s1. The zero-order valence-electron chi connectivity index (χ0n) is 11.2. The second-order valence-electron chi connectivity index (χ2n) is 4.93. The number of rotatable bonds is 4. The van der Waals surface area contributed by atoms with Crippen molar-refractivity contribution in [3.05, 3.63) is 5.82 Å². The summed E-state index contributed by atoms with van der Waals surface area (Å²) in [5.41, 5.74) is -0.673. The molecule has 1 rings (SSSR count). The topological polar surface area (TPSA) is 119 Å². The molecule has 1 aromatic heterocycles. The predicted molar refractivity (Wildman–Crippen MR) is 63.2 cm³/mol. The number of carbonyl (C=O) groups is 2. The van der Waals surface area contributed by atoms with Crippen molar-refractivity contribution < 1.29 is 19.4 Å². The molecule has 106 valence electrons. The Morgan fingerprint density at radius 1 is 1.47 bits per heavy atom. The lowest BCUT2D eigenvalue weighted by Crippen LogP contribution is -2.36. The first-order chi connectivity index (χ1) is 8.67. The van der Waals surface area contributed by atoms with E-state index >= 15 is 0 Å². The molecule has 0 radical (unpaired) electrons. The summed E-state index contributed by atoms with van der Waals surface area (Å²) in [6.45, 7) is 5.12. The number of aryl methyl sites for hydroxylation is 1. The van der Waals surface area contributed by atoms with Crippen LogP contribution in [-0.4, -0.2) is 43.0 Å². The van der Waals surface area contributed by atoms with E-state index in [0.29, 0.717) is 0 Å². The van der Waals surface area contributed by atoms with Crippen LogP contribution in [0, 0.1) is 0 Å². The van der Waals surface area contributed by atoms with Crippen molar-refractivity contribution in [3.8, 4) is 0 Å². The number of alkyl carbamates (subject to hydrolysis) is 1. The second kappa shape index (κ2) is 5.63. The van der Waals surface area contributed by atoms with Crippen LogP contribution >= 0.6 is 0 Å². The number of carbonyl (C=O) groups excluding carboxylic acids is 1. The van der Waals surface area contributed by atoms with E-state index in [1.807, 2.05) is 0 Å². The monoisotopic (exact) mass is 271 g/mol. The fourth-order valence-corrected chi connectivity index (χ4v) is 1.27. The van der Waals surface area contributed by atoms with Crippen LogP contribution in [0.2, 0.25) is 0 Å². The molecule has 0 saturated carbocycles. The van der Waals surface area contributed by atoms with Crippen molar-refractivity contribution in [1.82, 2.24) is 25.5 Å². The maximum atomic E-state index is 11.6. The fourth-order valence-electron chi connectivity index (χ4n) is 1.27. The highest BCUT2D eigenvalue weighted by molar-refractivity contribution is 5.71. The normalized spacial score (nSPS) is 12.8. The van der Waals surface area contributed by atoms with Gasteiger partial charge in [0.1, 0.15) is 11.6 Å². The number of nitrogens with one attached hydrogen (secondary N) is 1. The zero-order chi connectivity index (χ0) is 14.6. The van der Waals surface area contributed by atoms with E-state index in [2.05, 4.69) is 20.7 Å². The Hall–Kier alpha value is -2.19. The molecule has 2 N–H and O–H groups in total. The number of aromatic nitrogens is 4. The lowest BCUT2D eigenvalue weighted by atomic mass is 10.2. The van der Waals surface area contributed by atoms with Crippen LogP contribution in [0.3, 0.4) is 0 Å². The molecule has 1 atom stereocenters. The van der Waals surface area contributed by atoms with Gasteiger partial charge < -0.3 is 15.2 Å². The van der Waals surface area contributed by atoms with E-state index in [-0.39, 0.29) is 12.2 Å². The second-order valence-corrected chi connectivity index (χ2v) is 4.93. The smallest absolute Gasteiger partial charge is 0.408 e. The van der Waals surface area contributed by atoms with Crippen LogP contribution in [0.15, 0.2) is 0 Å². The molecule has 0 saturated heterocycles. The average molecular weight is 271 g/mol. The van der Waals surface area contributed by atoms with Gasteiger partial charge in [0.2, 0.25) is 0 Å². The van der Waals surface area contributed by atoms with Gasteiger partial charge in [0, 0.05) is 0 Å². The highest BCUT2D eigenvalue weighted by Gasteiger charge is 2.25. The Labute approximate surface area is 109 Å². The molecule has 1 aromatic rings. The summed E-state index contributed by atoms with van der Waals surface area (Å²) >= 11 is 0. The third-order valence-corrected chi connectivity index (χ3v) is 1.91. The lowest BCUT2D eigenvalue weighted by Gasteiger charge is -2.21.